The lowest BCUT2D eigenvalue weighted by molar-refractivity contribution is -0.384. The van der Waals surface area contributed by atoms with Gasteiger partial charge in [0, 0.05) is 17.7 Å². The van der Waals surface area contributed by atoms with E-state index in [2.05, 4.69) is 0 Å². The van der Waals surface area contributed by atoms with Gasteiger partial charge in [0.2, 0.25) is 0 Å². The first kappa shape index (κ1) is 15.6. The van der Waals surface area contributed by atoms with Gasteiger partial charge in [-0.25, -0.2) is 4.79 Å². The van der Waals surface area contributed by atoms with Crippen LogP contribution in [0.1, 0.15) is 36.2 Å². The molecule has 0 unspecified atom stereocenters. The van der Waals surface area contributed by atoms with Crippen LogP contribution in [-0.4, -0.2) is 10.7 Å². The number of carbonyl (C=O) groups excluding carboxylic acids is 1. The molecule has 1 aromatic heterocycles. The van der Waals surface area contributed by atoms with Crippen LogP contribution in [0.2, 0.25) is 0 Å². The summed E-state index contributed by atoms with van der Waals surface area (Å²) < 4.78 is 5.20. The molecular formula is C16H15NO5. The Morgan fingerprint density at radius 3 is 2.41 bits per heavy atom. The summed E-state index contributed by atoms with van der Waals surface area (Å²) >= 11 is 0. The Labute approximate surface area is 126 Å². The third-order valence-electron chi connectivity index (χ3n) is 3.27. The SMILES string of the molecule is CCCc1cc(-c2ccc([N+](=O)[O-])cc2)oc(=O)c1C(C)=O. The molecule has 0 N–H and O–H groups in total. The summed E-state index contributed by atoms with van der Waals surface area (Å²) in [6, 6.07) is 7.36. The maximum Gasteiger partial charge on any atom is 0.347 e. The zero-order chi connectivity index (χ0) is 16.3. The van der Waals surface area contributed by atoms with Crippen molar-refractivity contribution in [2.45, 2.75) is 26.7 Å². The van der Waals surface area contributed by atoms with E-state index in [0.717, 1.165) is 6.42 Å². The van der Waals surface area contributed by atoms with Crippen molar-refractivity contribution in [2.24, 2.45) is 0 Å². The predicted molar refractivity (Wildman–Crippen MR) is 81.1 cm³/mol. The monoisotopic (exact) mass is 301 g/mol. The molecule has 0 bridgehead atoms. The van der Waals surface area contributed by atoms with Gasteiger partial charge in [-0.15, -0.1) is 0 Å². The van der Waals surface area contributed by atoms with Crippen LogP contribution in [0.15, 0.2) is 39.5 Å². The van der Waals surface area contributed by atoms with E-state index in [-0.39, 0.29) is 17.0 Å². The Bertz CT molecular complexity index is 774. The number of benzene rings is 1. The molecule has 0 amide bonds. The Kier molecular flexibility index (Phi) is 4.50. The fraction of sp³-hybridized carbons (Fsp3) is 0.250. The van der Waals surface area contributed by atoms with Gasteiger partial charge in [0.1, 0.15) is 11.3 Å². The molecular weight excluding hydrogens is 286 g/mol. The van der Waals surface area contributed by atoms with Gasteiger partial charge in [-0.05, 0) is 37.1 Å². The van der Waals surface area contributed by atoms with E-state index < -0.39 is 10.5 Å². The van der Waals surface area contributed by atoms with Gasteiger partial charge in [-0.2, -0.15) is 0 Å². The van der Waals surface area contributed by atoms with Gasteiger partial charge in [0.15, 0.2) is 5.78 Å². The van der Waals surface area contributed by atoms with E-state index >= 15 is 0 Å². The van der Waals surface area contributed by atoms with Crippen molar-refractivity contribution in [2.75, 3.05) is 0 Å². The second kappa shape index (κ2) is 6.34. The quantitative estimate of drug-likeness (QED) is 0.479. The standard InChI is InChI=1S/C16H15NO5/c1-3-4-12-9-14(22-16(19)15(12)10(2)18)11-5-7-13(8-6-11)17(20)21/h5-9H,3-4H2,1-2H3. The van der Waals surface area contributed by atoms with Crippen molar-refractivity contribution >= 4 is 11.5 Å². The highest BCUT2D eigenvalue weighted by molar-refractivity contribution is 5.95. The molecule has 0 fully saturated rings. The van der Waals surface area contributed by atoms with Crippen LogP contribution in [-0.2, 0) is 6.42 Å². The molecule has 0 aliphatic carbocycles. The van der Waals surface area contributed by atoms with E-state index in [1.54, 1.807) is 6.07 Å². The number of nitrogens with zero attached hydrogens (tertiary/aromatic N) is 1. The minimum Gasteiger partial charge on any atom is -0.422 e. The molecule has 1 heterocycles. The number of aryl methyl sites for hydroxylation is 1. The Morgan fingerprint density at radius 1 is 1.27 bits per heavy atom. The molecule has 0 radical (unpaired) electrons. The Hall–Kier alpha value is -2.76. The van der Waals surface area contributed by atoms with Crippen LogP contribution in [0.3, 0.4) is 0 Å². The number of carbonyl (C=O) groups is 1. The predicted octanol–water partition coefficient (Wildman–Crippen LogP) is 3.37. The summed E-state index contributed by atoms with van der Waals surface area (Å²) in [6.07, 6.45) is 1.37. The summed E-state index contributed by atoms with van der Waals surface area (Å²) in [7, 11) is 0. The van der Waals surface area contributed by atoms with Gasteiger partial charge in [0.25, 0.3) is 5.69 Å². The number of hydrogen-bond donors (Lipinski definition) is 0. The topological polar surface area (TPSA) is 90.4 Å². The highest BCUT2D eigenvalue weighted by Gasteiger charge is 2.16. The largest absolute Gasteiger partial charge is 0.422 e. The van der Waals surface area contributed by atoms with Crippen LogP contribution >= 0.6 is 0 Å². The molecule has 0 saturated heterocycles. The summed E-state index contributed by atoms with van der Waals surface area (Å²) in [5.74, 6) is -0.0270. The van der Waals surface area contributed by atoms with Crippen LogP contribution < -0.4 is 5.63 Å². The maximum absolute atomic E-state index is 12.0. The smallest absolute Gasteiger partial charge is 0.347 e. The number of ketones is 1. The van der Waals surface area contributed by atoms with Gasteiger partial charge >= 0.3 is 5.63 Å². The normalized spacial score (nSPS) is 10.5. The molecule has 2 aromatic rings. The average Bonchev–Trinajstić information content (AvgIpc) is 2.46. The summed E-state index contributed by atoms with van der Waals surface area (Å²) in [5, 5.41) is 10.7. The molecule has 22 heavy (non-hydrogen) atoms. The zero-order valence-corrected chi connectivity index (χ0v) is 12.3. The van der Waals surface area contributed by atoms with E-state index in [4.69, 9.17) is 4.42 Å². The number of nitro groups is 1. The molecule has 0 spiro atoms. The minimum atomic E-state index is -0.674. The molecule has 0 aliphatic heterocycles. The second-order valence-corrected chi connectivity index (χ2v) is 4.91. The number of Topliss-reactive ketones (excluding diaryl/α,β-unsaturated/α-hetero) is 1. The van der Waals surface area contributed by atoms with Gasteiger partial charge in [-0.3, -0.25) is 14.9 Å². The van der Waals surface area contributed by atoms with Gasteiger partial charge < -0.3 is 4.42 Å². The van der Waals surface area contributed by atoms with E-state index in [1.165, 1.54) is 31.2 Å². The van der Waals surface area contributed by atoms with Crippen LogP contribution in [0.25, 0.3) is 11.3 Å². The number of rotatable bonds is 5. The molecule has 114 valence electrons. The lowest BCUT2D eigenvalue weighted by atomic mass is 10.0. The molecule has 1 aromatic carbocycles. The molecule has 2 rings (SSSR count). The first-order valence-electron chi connectivity index (χ1n) is 6.86. The lowest BCUT2D eigenvalue weighted by Crippen LogP contribution is -2.15. The van der Waals surface area contributed by atoms with Crippen molar-refractivity contribution in [3.63, 3.8) is 0 Å². The van der Waals surface area contributed by atoms with E-state index in [0.29, 0.717) is 23.3 Å². The first-order chi connectivity index (χ1) is 10.4. The van der Waals surface area contributed by atoms with Gasteiger partial charge in [-0.1, -0.05) is 13.3 Å². The summed E-state index contributed by atoms with van der Waals surface area (Å²) in [5.41, 5.74) is 0.550. The lowest BCUT2D eigenvalue weighted by Gasteiger charge is -2.07. The fourth-order valence-corrected chi connectivity index (χ4v) is 2.27. The molecule has 6 heteroatoms. The van der Waals surface area contributed by atoms with Crippen molar-refractivity contribution in [3.05, 3.63) is 62.0 Å². The number of hydrogen-bond acceptors (Lipinski definition) is 5. The average molecular weight is 301 g/mol. The molecule has 0 atom stereocenters. The van der Waals surface area contributed by atoms with Crippen LogP contribution in [0, 0.1) is 10.1 Å². The Balaban J connectivity index is 2.54. The third-order valence-corrected chi connectivity index (χ3v) is 3.27. The summed E-state index contributed by atoms with van der Waals surface area (Å²) in [4.78, 5) is 33.8. The van der Waals surface area contributed by atoms with Crippen molar-refractivity contribution in [3.8, 4) is 11.3 Å². The fourth-order valence-electron chi connectivity index (χ4n) is 2.27. The van der Waals surface area contributed by atoms with Crippen molar-refractivity contribution in [1.82, 2.24) is 0 Å². The highest BCUT2D eigenvalue weighted by atomic mass is 16.6. The van der Waals surface area contributed by atoms with Gasteiger partial charge in [0.05, 0.1) is 4.92 Å². The summed E-state index contributed by atoms with van der Waals surface area (Å²) in [6.45, 7) is 3.28. The van der Waals surface area contributed by atoms with E-state index in [9.17, 15) is 19.7 Å². The first-order valence-corrected chi connectivity index (χ1v) is 6.86. The van der Waals surface area contributed by atoms with E-state index in [1.807, 2.05) is 6.92 Å². The minimum absolute atomic E-state index is 0.0414. The third kappa shape index (κ3) is 3.11. The number of nitro benzene ring substituents is 1. The zero-order valence-electron chi connectivity index (χ0n) is 12.3. The highest BCUT2D eigenvalue weighted by Crippen LogP contribution is 2.24. The van der Waals surface area contributed by atoms with Crippen LogP contribution in [0.4, 0.5) is 5.69 Å². The maximum atomic E-state index is 12.0. The second-order valence-electron chi connectivity index (χ2n) is 4.91. The number of non-ortho nitro benzene ring substituents is 1. The van der Waals surface area contributed by atoms with Crippen molar-refractivity contribution < 1.29 is 14.1 Å². The van der Waals surface area contributed by atoms with Crippen LogP contribution in [0.5, 0.6) is 0 Å². The molecule has 0 saturated carbocycles. The Morgan fingerprint density at radius 2 is 1.91 bits per heavy atom. The molecule has 0 aliphatic rings. The molecule has 6 nitrogen and oxygen atoms in total. The van der Waals surface area contributed by atoms with Crippen molar-refractivity contribution in [1.29, 1.82) is 0 Å².